The van der Waals surface area contributed by atoms with Crippen LogP contribution in [0, 0.1) is 0 Å². The van der Waals surface area contributed by atoms with Crippen LogP contribution < -0.4 is 19.7 Å². The zero-order valence-corrected chi connectivity index (χ0v) is 23.7. The Morgan fingerprint density at radius 3 is 2.38 bits per heavy atom. The molecule has 210 valence electrons. The fourth-order valence-electron chi connectivity index (χ4n) is 6.05. The van der Waals surface area contributed by atoms with Crippen LogP contribution in [0.1, 0.15) is 66.2 Å². The predicted molar refractivity (Wildman–Crippen MR) is 157 cm³/mol. The molecule has 2 aliphatic rings. The fourth-order valence-corrected chi connectivity index (χ4v) is 6.05. The molecule has 3 aromatic carbocycles. The lowest BCUT2D eigenvalue weighted by atomic mass is 9.75. The Morgan fingerprint density at radius 1 is 0.950 bits per heavy atom. The topological polar surface area (TPSA) is 71.1 Å². The molecular weight excluding hydrogens is 502 g/mol. The Bertz CT molecular complexity index is 1340. The number of carbonyl (C=O) groups is 2. The van der Waals surface area contributed by atoms with Crippen molar-refractivity contribution in [1.29, 1.82) is 0 Å². The van der Waals surface area contributed by atoms with Crippen molar-refractivity contribution in [1.82, 2.24) is 10.2 Å². The summed E-state index contributed by atoms with van der Waals surface area (Å²) < 4.78 is 11.8. The highest BCUT2D eigenvalue weighted by atomic mass is 16.5. The number of para-hydroxylation sites is 1. The van der Waals surface area contributed by atoms with Gasteiger partial charge in [-0.1, -0.05) is 36.4 Å². The summed E-state index contributed by atoms with van der Waals surface area (Å²) in [6.45, 7) is 9.92. The first kappa shape index (κ1) is 27.6. The molecule has 7 nitrogen and oxygen atoms in total. The first-order valence-electron chi connectivity index (χ1n) is 14.5. The molecule has 0 saturated carbocycles. The van der Waals surface area contributed by atoms with Gasteiger partial charge in [-0.05, 0) is 80.6 Å². The van der Waals surface area contributed by atoms with E-state index in [-0.39, 0.29) is 11.8 Å². The normalized spacial score (nSPS) is 17.4. The summed E-state index contributed by atoms with van der Waals surface area (Å²) in [5.41, 5.74) is 4.63. The van der Waals surface area contributed by atoms with Crippen LogP contribution in [0.5, 0.6) is 11.5 Å². The van der Waals surface area contributed by atoms with Crippen LogP contribution in [0.25, 0.3) is 0 Å². The molecule has 2 aliphatic heterocycles. The maximum atomic E-state index is 14.0. The Morgan fingerprint density at radius 2 is 1.65 bits per heavy atom. The maximum Gasteiger partial charge on any atom is 0.254 e. The van der Waals surface area contributed by atoms with E-state index < -0.39 is 12.0 Å². The minimum absolute atomic E-state index is 0.0245. The number of rotatable bonds is 11. The lowest BCUT2D eigenvalue weighted by molar-refractivity contribution is -0.124. The van der Waals surface area contributed by atoms with E-state index in [1.807, 2.05) is 73.3 Å². The lowest BCUT2D eigenvalue weighted by Gasteiger charge is -2.45. The lowest BCUT2D eigenvalue weighted by Crippen LogP contribution is -2.50. The molecule has 0 saturated heterocycles. The molecule has 2 amide bonds. The minimum Gasteiger partial charge on any atom is -0.490 e. The average molecular weight is 542 g/mol. The number of hydrogen-bond acceptors (Lipinski definition) is 5. The molecule has 2 heterocycles. The van der Waals surface area contributed by atoms with Gasteiger partial charge in [0.15, 0.2) is 11.5 Å². The van der Waals surface area contributed by atoms with Crippen LogP contribution in [0.15, 0.2) is 66.7 Å². The molecule has 3 aromatic rings. The molecule has 0 radical (unpaired) electrons. The summed E-state index contributed by atoms with van der Waals surface area (Å²) >= 11 is 0. The molecule has 0 fully saturated rings. The molecule has 5 rings (SSSR count). The molecule has 0 spiro atoms. The van der Waals surface area contributed by atoms with Crippen molar-refractivity contribution in [2.45, 2.75) is 45.6 Å². The molecule has 7 heteroatoms. The Kier molecular flexibility index (Phi) is 8.58. The summed E-state index contributed by atoms with van der Waals surface area (Å²) in [6, 6.07) is 21.5. The number of carbonyl (C=O) groups excluding carboxylic acids is 2. The number of fused-ring (bicyclic) bond motifs is 4. The largest absolute Gasteiger partial charge is 0.490 e. The third kappa shape index (κ3) is 5.37. The van der Waals surface area contributed by atoms with Crippen molar-refractivity contribution in [3.63, 3.8) is 0 Å². The number of anilines is 1. The molecular formula is C33H39N3O4. The second-order valence-electron chi connectivity index (χ2n) is 10.2. The van der Waals surface area contributed by atoms with E-state index >= 15 is 0 Å². The molecule has 0 aromatic heterocycles. The highest BCUT2D eigenvalue weighted by molar-refractivity contribution is 6.01. The van der Waals surface area contributed by atoms with E-state index in [9.17, 15) is 9.59 Å². The number of hydrogen-bond donors (Lipinski definition) is 1. The van der Waals surface area contributed by atoms with E-state index in [1.54, 1.807) is 0 Å². The van der Waals surface area contributed by atoms with Crippen molar-refractivity contribution in [2.24, 2.45) is 0 Å². The number of nitrogens with one attached hydrogen (secondary N) is 1. The first-order chi connectivity index (χ1) is 19.6. The molecule has 0 unspecified atom stereocenters. The monoisotopic (exact) mass is 541 g/mol. The zero-order chi connectivity index (χ0) is 28.1. The van der Waals surface area contributed by atoms with E-state index in [4.69, 9.17) is 9.47 Å². The van der Waals surface area contributed by atoms with E-state index in [2.05, 4.69) is 29.3 Å². The maximum absolute atomic E-state index is 14.0. The summed E-state index contributed by atoms with van der Waals surface area (Å²) in [4.78, 5) is 31.8. The van der Waals surface area contributed by atoms with Gasteiger partial charge in [-0.3, -0.25) is 9.59 Å². The van der Waals surface area contributed by atoms with Crippen molar-refractivity contribution in [2.75, 3.05) is 44.3 Å². The van der Waals surface area contributed by atoms with Crippen LogP contribution in [0.4, 0.5) is 5.69 Å². The fraction of sp³-hybridized carbons (Fsp3) is 0.394. The Hall–Kier alpha value is -4.00. The Labute approximate surface area is 237 Å². The van der Waals surface area contributed by atoms with E-state index in [1.165, 1.54) is 5.69 Å². The summed E-state index contributed by atoms with van der Waals surface area (Å²) in [5, 5.41) is 3.21. The van der Waals surface area contributed by atoms with Crippen molar-refractivity contribution in [3.8, 4) is 11.5 Å². The van der Waals surface area contributed by atoms with Crippen molar-refractivity contribution in [3.05, 3.63) is 89.0 Å². The highest BCUT2D eigenvalue weighted by Gasteiger charge is 2.46. The molecule has 40 heavy (non-hydrogen) atoms. The second kappa shape index (κ2) is 12.5. The van der Waals surface area contributed by atoms with Gasteiger partial charge >= 0.3 is 0 Å². The SMILES string of the molecule is CCOc1cc2c(cc1OCC)[C@H]1[C@H](C(=O)NCCCN(CC)c3ccccc3)c3ccccc3C(=O)N1CC2. The van der Waals surface area contributed by atoms with E-state index in [0.717, 1.165) is 36.2 Å². The highest BCUT2D eigenvalue weighted by Crippen LogP contribution is 2.48. The first-order valence-corrected chi connectivity index (χ1v) is 14.5. The standard InChI is InChI=1S/C33H39N3O4/c1-4-35(24-13-8-7-9-14-24)19-12-18-34-32(37)30-25-15-10-11-16-26(25)33(38)36-20-17-23-21-28(39-5-2)29(40-6-3)22-27(23)31(30)36/h7-11,13-16,21-22,30-31H,4-6,12,17-20H2,1-3H3,(H,34,37)/t30-,31+/m1/s1. The van der Waals surface area contributed by atoms with Crippen molar-refractivity contribution >= 4 is 17.5 Å². The summed E-state index contributed by atoms with van der Waals surface area (Å²) in [7, 11) is 0. The van der Waals surface area contributed by atoms with Gasteiger partial charge in [0.25, 0.3) is 5.91 Å². The van der Waals surface area contributed by atoms with Gasteiger partial charge < -0.3 is 24.6 Å². The third-order valence-corrected chi connectivity index (χ3v) is 7.87. The van der Waals surface area contributed by atoms with Crippen LogP contribution in [-0.2, 0) is 11.2 Å². The average Bonchev–Trinajstić information content (AvgIpc) is 2.98. The predicted octanol–water partition coefficient (Wildman–Crippen LogP) is 5.35. The summed E-state index contributed by atoms with van der Waals surface area (Å²) in [6.07, 6.45) is 1.52. The van der Waals surface area contributed by atoms with Gasteiger partial charge in [0, 0.05) is 37.4 Å². The van der Waals surface area contributed by atoms with Gasteiger partial charge in [-0.15, -0.1) is 0 Å². The van der Waals surface area contributed by atoms with Crippen LogP contribution in [0.2, 0.25) is 0 Å². The Balaban J connectivity index is 1.42. The van der Waals surface area contributed by atoms with E-state index in [0.29, 0.717) is 49.8 Å². The van der Waals surface area contributed by atoms with Gasteiger partial charge in [0.05, 0.1) is 25.2 Å². The third-order valence-electron chi connectivity index (χ3n) is 7.87. The quantitative estimate of drug-likeness (QED) is 0.331. The zero-order valence-electron chi connectivity index (χ0n) is 23.7. The molecule has 2 atom stereocenters. The molecule has 1 N–H and O–H groups in total. The number of amides is 2. The number of nitrogens with zero attached hydrogens (tertiary/aromatic N) is 2. The van der Waals surface area contributed by atoms with Gasteiger partial charge in [-0.2, -0.15) is 0 Å². The van der Waals surface area contributed by atoms with Gasteiger partial charge in [-0.25, -0.2) is 0 Å². The molecule has 0 aliphatic carbocycles. The number of ether oxygens (including phenoxy) is 2. The van der Waals surface area contributed by atoms with Crippen molar-refractivity contribution < 1.29 is 19.1 Å². The van der Waals surface area contributed by atoms with Crippen LogP contribution in [-0.4, -0.2) is 56.1 Å². The number of benzene rings is 3. The van der Waals surface area contributed by atoms with Gasteiger partial charge in [0.1, 0.15) is 0 Å². The smallest absolute Gasteiger partial charge is 0.254 e. The summed E-state index contributed by atoms with van der Waals surface area (Å²) in [5.74, 6) is 0.757. The molecule has 0 bridgehead atoms. The van der Waals surface area contributed by atoms with Gasteiger partial charge in [0.2, 0.25) is 5.91 Å². The minimum atomic E-state index is -0.517. The van der Waals surface area contributed by atoms with Crippen LogP contribution in [0.3, 0.4) is 0 Å². The second-order valence-corrected chi connectivity index (χ2v) is 10.2. The van der Waals surface area contributed by atoms with Crippen LogP contribution >= 0.6 is 0 Å².